The van der Waals surface area contributed by atoms with Crippen molar-refractivity contribution in [1.82, 2.24) is 24.8 Å². The Morgan fingerprint density at radius 3 is 3.00 bits per heavy atom. The topological polar surface area (TPSA) is 60.9 Å². The van der Waals surface area contributed by atoms with E-state index in [1.165, 1.54) is 25.9 Å². The maximum atomic E-state index is 4.44. The lowest BCUT2D eigenvalue weighted by Crippen LogP contribution is -2.31. The van der Waals surface area contributed by atoms with Crippen molar-refractivity contribution in [1.29, 1.82) is 0 Å². The molecule has 1 fully saturated rings. The van der Waals surface area contributed by atoms with Crippen LogP contribution in [0.25, 0.3) is 11.2 Å². The minimum absolute atomic E-state index is 0.750. The highest BCUT2D eigenvalue weighted by molar-refractivity contribution is 5.82. The number of rotatable bonds is 3. The Bertz CT molecular complexity index is 537. The van der Waals surface area contributed by atoms with Gasteiger partial charge >= 0.3 is 0 Å². The molecule has 2 aromatic rings. The van der Waals surface area contributed by atoms with Gasteiger partial charge in [0, 0.05) is 19.6 Å². The van der Waals surface area contributed by atoms with Crippen molar-refractivity contribution < 1.29 is 0 Å². The van der Waals surface area contributed by atoms with E-state index in [1.54, 1.807) is 12.7 Å². The van der Waals surface area contributed by atoms with Gasteiger partial charge < -0.3 is 14.8 Å². The van der Waals surface area contributed by atoms with E-state index in [-0.39, 0.29) is 0 Å². The Balaban J connectivity index is 1.80. The van der Waals surface area contributed by atoms with E-state index < -0.39 is 0 Å². The van der Waals surface area contributed by atoms with E-state index in [2.05, 4.69) is 36.7 Å². The zero-order valence-electron chi connectivity index (χ0n) is 11.3. The zero-order valence-corrected chi connectivity index (χ0v) is 11.3. The van der Waals surface area contributed by atoms with Crippen molar-refractivity contribution in [3.63, 3.8) is 0 Å². The lowest BCUT2D eigenvalue weighted by molar-refractivity contribution is 0.294. The Morgan fingerprint density at radius 1 is 1.16 bits per heavy atom. The van der Waals surface area contributed by atoms with Crippen LogP contribution >= 0.6 is 0 Å². The van der Waals surface area contributed by atoms with Crippen LogP contribution in [-0.2, 0) is 0 Å². The first kappa shape index (κ1) is 12.3. The molecule has 3 heterocycles. The molecule has 6 nitrogen and oxygen atoms in total. The van der Waals surface area contributed by atoms with Gasteiger partial charge in [0.2, 0.25) is 0 Å². The molecular formula is C13H20N6. The van der Waals surface area contributed by atoms with Crippen LogP contribution in [0.2, 0.25) is 0 Å². The molecule has 1 aliphatic heterocycles. The van der Waals surface area contributed by atoms with Crippen LogP contribution in [0.1, 0.15) is 19.8 Å². The van der Waals surface area contributed by atoms with E-state index in [9.17, 15) is 0 Å². The quantitative estimate of drug-likeness (QED) is 0.900. The summed E-state index contributed by atoms with van der Waals surface area (Å²) in [6.45, 7) is 7.78. The normalized spacial score (nSPS) is 17.8. The minimum Gasteiger partial charge on any atom is -0.353 e. The molecule has 0 aromatic carbocycles. The van der Waals surface area contributed by atoms with Gasteiger partial charge in [-0.15, -0.1) is 0 Å². The SMILES string of the molecule is CCCN1CCCN(c2ncnc3nc[nH]c23)CC1. The summed E-state index contributed by atoms with van der Waals surface area (Å²) in [6.07, 6.45) is 5.69. The summed E-state index contributed by atoms with van der Waals surface area (Å²) in [6, 6.07) is 0. The lowest BCUT2D eigenvalue weighted by atomic mass is 10.3. The van der Waals surface area contributed by atoms with Crippen molar-refractivity contribution in [3.05, 3.63) is 12.7 Å². The van der Waals surface area contributed by atoms with Crippen LogP contribution in [0.5, 0.6) is 0 Å². The number of imidazole rings is 1. The molecule has 3 rings (SSSR count). The molecule has 0 amide bonds. The summed E-state index contributed by atoms with van der Waals surface area (Å²) in [5, 5.41) is 0. The fraction of sp³-hybridized carbons (Fsp3) is 0.615. The lowest BCUT2D eigenvalue weighted by Gasteiger charge is -2.22. The molecule has 0 radical (unpaired) electrons. The highest BCUT2D eigenvalue weighted by Gasteiger charge is 2.18. The smallest absolute Gasteiger partial charge is 0.182 e. The van der Waals surface area contributed by atoms with Gasteiger partial charge in [0.1, 0.15) is 11.8 Å². The Labute approximate surface area is 112 Å². The molecule has 0 bridgehead atoms. The van der Waals surface area contributed by atoms with E-state index in [4.69, 9.17) is 0 Å². The fourth-order valence-corrected chi connectivity index (χ4v) is 2.71. The predicted octanol–water partition coefficient (Wildman–Crippen LogP) is 1.28. The predicted molar refractivity (Wildman–Crippen MR) is 75.2 cm³/mol. The molecule has 1 saturated heterocycles. The van der Waals surface area contributed by atoms with Crippen LogP contribution in [0.4, 0.5) is 5.82 Å². The average Bonchev–Trinajstić information content (AvgIpc) is 2.79. The van der Waals surface area contributed by atoms with E-state index in [0.29, 0.717) is 0 Å². The molecule has 0 unspecified atom stereocenters. The number of nitrogens with one attached hydrogen (secondary N) is 1. The third kappa shape index (κ3) is 2.53. The summed E-state index contributed by atoms with van der Waals surface area (Å²) in [5.41, 5.74) is 1.70. The Morgan fingerprint density at radius 2 is 2.11 bits per heavy atom. The van der Waals surface area contributed by atoms with Gasteiger partial charge in [-0.25, -0.2) is 15.0 Å². The molecule has 19 heavy (non-hydrogen) atoms. The Hall–Kier alpha value is -1.69. The number of fused-ring (bicyclic) bond motifs is 1. The first-order valence-electron chi connectivity index (χ1n) is 7.00. The van der Waals surface area contributed by atoms with Crippen molar-refractivity contribution in [2.24, 2.45) is 0 Å². The number of aromatic amines is 1. The molecule has 0 spiro atoms. The molecule has 2 aromatic heterocycles. The van der Waals surface area contributed by atoms with Crippen molar-refractivity contribution in [3.8, 4) is 0 Å². The first-order chi connectivity index (χ1) is 9.38. The van der Waals surface area contributed by atoms with E-state index >= 15 is 0 Å². The first-order valence-corrected chi connectivity index (χ1v) is 7.00. The minimum atomic E-state index is 0.750. The van der Waals surface area contributed by atoms with E-state index in [0.717, 1.165) is 36.6 Å². The summed E-state index contributed by atoms with van der Waals surface area (Å²) in [7, 11) is 0. The highest BCUT2D eigenvalue weighted by Crippen LogP contribution is 2.20. The number of anilines is 1. The second-order valence-electron chi connectivity index (χ2n) is 4.98. The molecule has 0 aliphatic carbocycles. The van der Waals surface area contributed by atoms with Crippen LogP contribution in [0.15, 0.2) is 12.7 Å². The van der Waals surface area contributed by atoms with Gasteiger partial charge in [-0.05, 0) is 25.9 Å². The number of H-pyrrole nitrogens is 1. The third-order valence-corrected chi connectivity index (χ3v) is 3.63. The molecule has 1 aliphatic rings. The second-order valence-corrected chi connectivity index (χ2v) is 4.98. The third-order valence-electron chi connectivity index (χ3n) is 3.63. The zero-order chi connectivity index (χ0) is 13.1. The average molecular weight is 260 g/mol. The van der Waals surface area contributed by atoms with Gasteiger partial charge in [-0.1, -0.05) is 6.92 Å². The highest BCUT2D eigenvalue weighted by atomic mass is 15.3. The molecule has 102 valence electrons. The van der Waals surface area contributed by atoms with Gasteiger partial charge in [-0.2, -0.15) is 0 Å². The van der Waals surface area contributed by atoms with Crippen LogP contribution < -0.4 is 4.90 Å². The summed E-state index contributed by atoms with van der Waals surface area (Å²) in [5.74, 6) is 0.987. The Kier molecular flexibility index (Phi) is 3.59. The van der Waals surface area contributed by atoms with Crippen molar-refractivity contribution in [2.45, 2.75) is 19.8 Å². The molecule has 0 saturated carbocycles. The number of nitrogens with zero attached hydrogens (tertiary/aromatic N) is 5. The number of hydrogen-bond donors (Lipinski definition) is 1. The van der Waals surface area contributed by atoms with Gasteiger partial charge in [0.15, 0.2) is 11.5 Å². The molecule has 6 heteroatoms. The van der Waals surface area contributed by atoms with Crippen molar-refractivity contribution in [2.75, 3.05) is 37.6 Å². The maximum absolute atomic E-state index is 4.44. The van der Waals surface area contributed by atoms with Gasteiger partial charge in [0.25, 0.3) is 0 Å². The number of aromatic nitrogens is 4. The van der Waals surface area contributed by atoms with Crippen LogP contribution in [0.3, 0.4) is 0 Å². The summed E-state index contributed by atoms with van der Waals surface area (Å²) in [4.78, 5) is 20.8. The molecule has 0 atom stereocenters. The molecule has 1 N–H and O–H groups in total. The second kappa shape index (κ2) is 5.52. The van der Waals surface area contributed by atoms with Crippen LogP contribution in [0, 0.1) is 0 Å². The standard InChI is InChI=1S/C13H20N6/c1-2-4-18-5-3-6-19(8-7-18)13-11-12(15-9-14-11)16-10-17-13/h9-10H,2-8H2,1H3,(H,14,15,16,17). The fourth-order valence-electron chi connectivity index (χ4n) is 2.71. The summed E-state index contributed by atoms with van der Waals surface area (Å²) < 4.78 is 0. The summed E-state index contributed by atoms with van der Waals surface area (Å²) >= 11 is 0. The monoisotopic (exact) mass is 260 g/mol. The molecular weight excluding hydrogens is 240 g/mol. The number of hydrogen-bond acceptors (Lipinski definition) is 5. The van der Waals surface area contributed by atoms with Gasteiger partial charge in [-0.3, -0.25) is 0 Å². The maximum Gasteiger partial charge on any atom is 0.182 e. The van der Waals surface area contributed by atoms with E-state index in [1.807, 2.05) is 0 Å². The van der Waals surface area contributed by atoms with Gasteiger partial charge in [0.05, 0.1) is 6.33 Å². The van der Waals surface area contributed by atoms with Crippen molar-refractivity contribution >= 4 is 17.0 Å². The van der Waals surface area contributed by atoms with Crippen LogP contribution in [-0.4, -0.2) is 57.6 Å². The largest absolute Gasteiger partial charge is 0.353 e.